The van der Waals surface area contributed by atoms with Gasteiger partial charge in [-0.05, 0) is 0 Å². The van der Waals surface area contributed by atoms with Gasteiger partial charge in [0.15, 0.2) is 17.3 Å². The fourth-order valence-electron chi connectivity index (χ4n) is 2.17. The van der Waals surface area contributed by atoms with Crippen LogP contribution in [0.4, 0.5) is 0 Å². The van der Waals surface area contributed by atoms with E-state index in [-0.39, 0.29) is 24.7 Å². The summed E-state index contributed by atoms with van der Waals surface area (Å²) in [6.45, 7) is 1.98. The van der Waals surface area contributed by atoms with E-state index in [0.717, 1.165) is 16.4 Å². The number of carbonyl (C=O) groups excluding carboxylic acids is 2. The Morgan fingerprint density at radius 1 is 1.28 bits per heavy atom. The smallest absolute Gasteiger partial charge is 0.230 e. The maximum absolute atomic E-state index is 11.5. The second kappa shape index (κ2) is 4.61. The Morgan fingerprint density at radius 3 is 2.89 bits per heavy atom. The van der Waals surface area contributed by atoms with E-state index in [1.807, 2.05) is 5.38 Å². The standard InChI is InChI=1S/C12H13NO4S/c14-8-5-11(15)13(6-8)2-1-10-12-9(7-18-10)16-3-4-17-12/h7H,1-6H2. The average molecular weight is 267 g/mol. The Balaban J connectivity index is 1.65. The molecular weight excluding hydrogens is 254 g/mol. The Morgan fingerprint density at radius 2 is 2.11 bits per heavy atom. The Bertz CT molecular complexity index is 496. The molecule has 6 heteroatoms. The van der Waals surface area contributed by atoms with Gasteiger partial charge in [-0.25, -0.2) is 0 Å². The summed E-state index contributed by atoms with van der Waals surface area (Å²) in [5, 5.41) is 1.93. The van der Waals surface area contributed by atoms with Crippen LogP contribution in [0.3, 0.4) is 0 Å². The molecule has 0 atom stereocenters. The van der Waals surface area contributed by atoms with E-state index >= 15 is 0 Å². The van der Waals surface area contributed by atoms with Crippen molar-refractivity contribution in [2.24, 2.45) is 0 Å². The van der Waals surface area contributed by atoms with Crippen molar-refractivity contribution in [3.05, 3.63) is 10.3 Å². The summed E-state index contributed by atoms with van der Waals surface area (Å²) in [6, 6.07) is 0. The van der Waals surface area contributed by atoms with Gasteiger partial charge in [0.1, 0.15) is 13.2 Å². The van der Waals surface area contributed by atoms with Crippen LogP contribution in [-0.4, -0.2) is 42.9 Å². The number of amides is 1. The molecule has 1 fully saturated rings. The third-order valence-corrected chi connectivity index (χ3v) is 4.06. The predicted octanol–water partition coefficient (Wildman–Crippen LogP) is 0.863. The summed E-state index contributed by atoms with van der Waals surface area (Å²) in [4.78, 5) is 25.3. The fourth-order valence-corrected chi connectivity index (χ4v) is 3.07. The molecule has 2 aliphatic heterocycles. The van der Waals surface area contributed by atoms with Crippen LogP contribution in [0.25, 0.3) is 0 Å². The molecule has 0 unspecified atom stereocenters. The van der Waals surface area contributed by atoms with Crippen molar-refractivity contribution in [3.63, 3.8) is 0 Å². The number of thiophene rings is 1. The van der Waals surface area contributed by atoms with Crippen LogP contribution in [0.15, 0.2) is 5.38 Å². The van der Waals surface area contributed by atoms with E-state index in [1.54, 1.807) is 16.2 Å². The van der Waals surface area contributed by atoms with Gasteiger partial charge in [0.25, 0.3) is 0 Å². The van der Waals surface area contributed by atoms with Crippen LogP contribution in [0.2, 0.25) is 0 Å². The van der Waals surface area contributed by atoms with Gasteiger partial charge in [-0.3, -0.25) is 9.59 Å². The monoisotopic (exact) mass is 267 g/mol. The first-order valence-electron chi connectivity index (χ1n) is 5.89. The summed E-state index contributed by atoms with van der Waals surface area (Å²) in [6.07, 6.45) is 0.768. The lowest BCUT2D eigenvalue weighted by molar-refractivity contribution is -0.127. The van der Waals surface area contributed by atoms with Crippen LogP contribution in [0.1, 0.15) is 11.3 Å². The largest absolute Gasteiger partial charge is 0.485 e. The molecule has 1 amide bonds. The van der Waals surface area contributed by atoms with Crippen LogP contribution in [-0.2, 0) is 16.0 Å². The molecule has 3 rings (SSSR count). The van der Waals surface area contributed by atoms with Gasteiger partial charge in [0.05, 0.1) is 17.8 Å². The van der Waals surface area contributed by atoms with E-state index < -0.39 is 0 Å². The second-order valence-electron chi connectivity index (χ2n) is 4.33. The Kier molecular flexibility index (Phi) is 2.95. The summed E-state index contributed by atoms with van der Waals surface area (Å²) < 4.78 is 11.0. The number of rotatable bonds is 3. The molecule has 0 saturated carbocycles. The van der Waals surface area contributed by atoms with Crippen LogP contribution >= 0.6 is 11.3 Å². The maximum atomic E-state index is 11.5. The highest BCUT2D eigenvalue weighted by Gasteiger charge is 2.27. The van der Waals surface area contributed by atoms with Gasteiger partial charge in [0, 0.05) is 18.3 Å². The number of Topliss-reactive ketones (excluding diaryl/α,β-unsaturated/α-hetero) is 1. The van der Waals surface area contributed by atoms with Crippen LogP contribution in [0.5, 0.6) is 11.5 Å². The van der Waals surface area contributed by atoms with E-state index in [0.29, 0.717) is 26.2 Å². The third kappa shape index (κ3) is 2.08. The summed E-state index contributed by atoms with van der Waals surface area (Å²) >= 11 is 1.58. The zero-order valence-electron chi connectivity index (χ0n) is 9.81. The molecule has 0 aromatic carbocycles. The van der Waals surface area contributed by atoms with E-state index in [9.17, 15) is 9.59 Å². The van der Waals surface area contributed by atoms with E-state index in [1.165, 1.54) is 0 Å². The molecule has 18 heavy (non-hydrogen) atoms. The van der Waals surface area contributed by atoms with Crippen molar-refractivity contribution < 1.29 is 19.1 Å². The number of ketones is 1. The number of nitrogens with zero attached hydrogens (tertiary/aromatic N) is 1. The summed E-state index contributed by atoms with van der Waals surface area (Å²) in [5.41, 5.74) is 0. The quantitative estimate of drug-likeness (QED) is 0.762. The van der Waals surface area contributed by atoms with Gasteiger partial charge in [-0.2, -0.15) is 0 Å². The summed E-state index contributed by atoms with van der Waals surface area (Å²) in [7, 11) is 0. The Labute approximate surface area is 108 Å². The zero-order chi connectivity index (χ0) is 12.5. The van der Waals surface area contributed by atoms with Crippen molar-refractivity contribution in [1.82, 2.24) is 4.90 Å². The van der Waals surface area contributed by atoms with Gasteiger partial charge in [-0.15, -0.1) is 11.3 Å². The second-order valence-corrected chi connectivity index (χ2v) is 5.29. The lowest BCUT2D eigenvalue weighted by atomic mass is 10.3. The molecule has 96 valence electrons. The molecule has 3 heterocycles. The van der Waals surface area contributed by atoms with Crippen molar-refractivity contribution in [1.29, 1.82) is 0 Å². The topological polar surface area (TPSA) is 55.8 Å². The fraction of sp³-hybridized carbons (Fsp3) is 0.500. The van der Waals surface area contributed by atoms with Gasteiger partial charge in [-0.1, -0.05) is 0 Å². The SMILES string of the molecule is O=C1CC(=O)N(CCc2scc3c2OCCO3)C1. The lowest BCUT2D eigenvalue weighted by Gasteiger charge is -2.17. The predicted molar refractivity (Wildman–Crippen MR) is 65.2 cm³/mol. The molecule has 1 aromatic rings. The average Bonchev–Trinajstić information content (AvgIpc) is 2.90. The van der Waals surface area contributed by atoms with Crippen LogP contribution < -0.4 is 9.47 Å². The minimum atomic E-state index is -0.0670. The molecule has 1 saturated heterocycles. The van der Waals surface area contributed by atoms with Gasteiger partial charge in [0.2, 0.25) is 5.91 Å². The molecule has 1 aromatic heterocycles. The normalized spacial score (nSPS) is 18.6. The summed E-state index contributed by atoms with van der Waals surface area (Å²) in [5.74, 6) is 1.55. The van der Waals surface area contributed by atoms with Crippen molar-refractivity contribution in [2.45, 2.75) is 12.8 Å². The molecule has 2 aliphatic rings. The Hall–Kier alpha value is -1.56. The van der Waals surface area contributed by atoms with E-state index in [4.69, 9.17) is 9.47 Å². The molecular formula is C12H13NO4S. The van der Waals surface area contributed by atoms with Crippen molar-refractivity contribution in [3.8, 4) is 11.5 Å². The lowest BCUT2D eigenvalue weighted by Crippen LogP contribution is -2.27. The third-order valence-electron chi connectivity index (χ3n) is 3.05. The molecule has 0 bridgehead atoms. The molecule has 0 spiro atoms. The van der Waals surface area contributed by atoms with Crippen molar-refractivity contribution >= 4 is 23.0 Å². The number of likely N-dealkylation sites (tertiary alicyclic amines) is 1. The number of hydrogen-bond acceptors (Lipinski definition) is 5. The number of hydrogen-bond donors (Lipinski definition) is 0. The highest BCUT2D eigenvalue weighted by molar-refractivity contribution is 7.10. The number of carbonyl (C=O) groups is 2. The maximum Gasteiger partial charge on any atom is 0.230 e. The minimum absolute atomic E-state index is 0.00721. The molecule has 0 radical (unpaired) electrons. The number of ether oxygens (including phenoxy) is 2. The first-order chi connectivity index (χ1) is 8.74. The first kappa shape index (κ1) is 11.5. The zero-order valence-corrected chi connectivity index (χ0v) is 10.6. The molecule has 0 N–H and O–H groups in total. The minimum Gasteiger partial charge on any atom is -0.485 e. The number of fused-ring (bicyclic) bond motifs is 1. The molecule has 5 nitrogen and oxygen atoms in total. The van der Waals surface area contributed by atoms with Gasteiger partial charge >= 0.3 is 0 Å². The van der Waals surface area contributed by atoms with Crippen molar-refractivity contribution in [2.75, 3.05) is 26.3 Å². The van der Waals surface area contributed by atoms with Gasteiger partial charge < -0.3 is 14.4 Å². The first-order valence-corrected chi connectivity index (χ1v) is 6.77. The molecule has 0 aliphatic carbocycles. The highest BCUT2D eigenvalue weighted by Crippen LogP contribution is 2.39. The highest BCUT2D eigenvalue weighted by atomic mass is 32.1. The van der Waals surface area contributed by atoms with Crippen LogP contribution in [0, 0.1) is 0 Å². The van der Waals surface area contributed by atoms with E-state index in [2.05, 4.69) is 0 Å².